The number of benzene rings is 1. The number of nitrogens with one attached hydrogen (secondary N) is 2. The first-order valence-corrected chi connectivity index (χ1v) is 7.00. The lowest BCUT2D eigenvalue weighted by molar-refractivity contribution is -0.123. The molecule has 0 unspecified atom stereocenters. The van der Waals surface area contributed by atoms with Crippen molar-refractivity contribution in [2.45, 2.75) is 44.7 Å². The van der Waals surface area contributed by atoms with Crippen LogP contribution >= 0.6 is 0 Å². The van der Waals surface area contributed by atoms with Gasteiger partial charge in [0.1, 0.15) is 5.82 Å². The van der Waals surface area contributed by atoms with Crippen molar-refractivity contribution in [3.63, 3.8) is 0 Å². The van der Waals surface area contributed by atoms with Crippen LogP contribution in [0.3, 0.4) is 0 Å². The zero-order valence-corrected chi connectivity index (χ0v) is 11.3. The number of carbonyl (C=O) groups excluding carboxylic acids is 1. The summed E-state index contributed by atoms with van der Waals surface area (Å²) in [5.74, 6) is -0.178. The van der Waals surface area contributed by atoms with E-state index in [-0.39, 0.29) is 23.8 Å². The van der Waals surface area contributed by atoms with Crippen molar-refractivity contribution < 1.29 is 9.18 Å². The molecule has 3 nitrogen and oxygen atoms in total. The summed E-state index contributed by atoms with van der Waals surface area (Å²) in [5.41, 5.74) is 0.641. The van der Waals surface area contributed by atoms with Gasteiger partial charge < -0.3 is 5.32 Å². The molecule has 2 atom stereocenters. The molecule has 0 aromatic heterocycles. The summed E-state index contributed by atoms with van der Waals surface area (Å²) < 4.78 is 13.8. The van der Waals surface area contributed by atoms with Crippen molar-refractivity contribution in [3.05, 3.63) is 35.6 Å². The Bertz CT molecular complexity index is 436. The first kappa shape index (κ1) is 14.0. The minimum Gasteiger partial charge on any atom is -0.355 e. The Hall–Kier alpha value is -1.42. The third-order valence-electron chi connectivity index (χ3n) is 3.63. The van der Waals surface area contributed by atoms with Gasteiger partial charge >= 0.3 is 0 Å². The van der Waals surface area contributed by atoms with E-state index in [2.05, 4.69) is 10.6 Å². The van der Waals surface area contributed by atoms with Crippen LogP contribution in [0.15, 0.2) is 24.3 Å². The van der Waals surface area contributed by atoms with E-state index in [1.54, 1.807) is 12.1 Å². The molecule has 1 fully saturated rings. The lowest BCUT2D eigenvalue weighted by Crippen LogP contribution is -2.44. The highest BCUT2D eigenvalue weighted by atomic mass is 19.1. The summed E-state index contributed by atoms with van der Waals surface area (Å²) >= 11 is 0. The van der Waals surface area contributed by atoms with Gasteiger partial charge in [-0.1, -0.05) is 25.1 Å². The summed E-state index contributed by atoms with van der Waals surface area (Å²) in [6.45, 7) is 2.74. The molecule has 1 amide bonds. The van der Waals surface area contributed by atoms with Crippen molar-refractivity contribution in [2.75, 3.05) is 6.54 Å². The van der Waals surface area contributed by atoms with Crippen LogP contribution in [-0.2, 0) is 4.79 Å². The summed E-state index contributed by atoms with van der Waals surface area (Å²) in [6.07, 6.45) is 3.60. The minimum atomic E-state index is -0.216. The number of hydrogen-bond donors (Lipinski definition) is 2. The van der Waals surface area contributed by atoms with Gasteiger partial charge in [0.2, 0.25) is 5.91 Å². The molecule has 1 aromatic rings. The van der Waals surface area contributed by atoms with Crippen LogP contribution in [0.4, 0.5) is 4.39 Å². The van der Waals surface area contributed by atoms with Gasteiger partial charge in [-0.3, -0.25) is 10.1 Å². The monoisotopic (exact) mass is 264 g/mol. The first-order valence-electron chi connectivity index (χ1n) is 7.00. The highest BCUT2D eigenvalue weighted by Crippen LogP contribution is 2.21. The number of hydrogen-bond acceptors (Lipinski definition) is 2. The fourth-order valence-electron chi connectivity index (χ4n) is 2.53. The van der Waals surface area contributed by atoms with Gasteiger partial charge in [-0.15, -0.1) is 0 Å². The molecule has 2 N–H and O–H groups in total. The average Bonchev–Trinajstić information content (AvgIpc) is 2.62. The maximum atomic E-state index is 13.8. The van der Waals surface area contributed by atoms with Gasteiger partial charge in [0.25, 0.3) is 0 Å². The van der Waals surface area contributed by atoms with Crippen LogP contribution in [0.5, 0.6) is 0 Å². The molecule has 104 valence electrons. The van der Waals surface area contributed by atoms with E-state index in [1.807, 2.05) is 13.0 Å². The van der Waals surface area contributed by atoms with E-state index < -0.39 is 0 Å². The lowest BCUT2D eigenvalue weighted by Gasteiger charge is -2.23. The standard InChI is InChI=1S/C15H21FN2O/c1-2-13(11-7-3-4-8-12(11)16)18-14-9-5-6-10-17-15(14)19/h3-4,7-8,13-14,18H,2,5-6,9-10H2,1H3,(H,17,19)/t13-,14+/m1/s1. The van der Waals surface area contributed by atoms with Crippen LogP contribution in [0.1, 0.15) is 44.2 Å². The van der Waals surface area contributed by atoms with Crippen LogP contribution in [-0.4, -0.2) is 18.5 Å². The summed E-state index contributed by atoms with van der Waals surface area (Å²) in [6, 6.07) is 6.43. The van der Waals surface area contributed by atoms with Crippen molar-refractivity contribution in [2.24, 2.45) is 0 Å². The molecule has 0 spiro atoms. The quantitative estimate of drug-likeness (QED) is 0.877. The molecule has 4 heteroatoms. The predicted molar refractivity (Wildman–Crippen MR) is 73.2 cm³/mol. The maximum Gasteiger partial charge on any atom is 0.237 e. The minimum absolute atomic E-state index is 0.0345. The predicted octanol–water partition coefficient (Wildman–Crippen LogP) is 2.54. The SMILES string of the molecule is CC[C@@H](N[C@H]1CCCCNC1=O)c1ccccc1F. The number of halogens is 1. The molecule has 1 saturated heterocycles. The fraction of sp³-hybridized carbons (Fsp3) is 0.533. The second-order valence-electron chi connectivity index (χ2n) is 4.99. The molecule has 1 aliphatic heterocycles. The third-order valence-corrected chi connectivity index (χ3v) is 3.63. The molecule has 0 aliphatic carbocycles. The average molecular weight is 264 g/mol. The Labute approximate surface area is 113 Å². The molecular formula is C15H21FN2O. The molecule has 19 heavy (non-hydrogen) atoms. The zero-order chi connectivity index (χ0) is 13.7. The largest absolute Gasteiger partial charge is 0.355 e. The number of amides is 1. The topological polar surface area (TPSA) is 41.1 Å². The van der Waals surface area contributed by atoms with E-state index in [0.29, 0.717) is 5.56 Å². The van der Waals surface area contributed by atoms with E-state index in [9.17, 15) is 9.18 Å². The Morgan fingerprint density at radius 3 is 2.95 bits per heavy atom. The van der Waals surface area contributed by atoms with Crippen LogP contribution in [0, 0.1) is 5.82 Å². The Kier molecular flexibility index (Phi) is 4.91. The number of carbonyl (C=O) groups is 1. The maximum absolute atomic E-state index is 13.8. The fourth-order valence-corrected chi connectivity index (χ4v) is 2.53. The number of rotatable bonds is 4. The van der Waals surface area contributed by atoms with Crippen molar-refractivity contribution in [3.8, 4) is 0 Å². The zero-order valence-electron chi connectivity index (χ0n) is 11.3. The summed E-state index contributed by atoms with van der Waals surface area (Å²) in [5, 5.41) is 6.20. The first-order chi connectivity index (χ1) is 9.22. The van der Waals surface area contributed by atoms with Crippen molar-refractivity contribution >= 4 is 5.91 Å². The summed E-state index contributed by atoms with van der Waals surface area (Å²) in [4.78, 5) is 11.9. The second kappa shape index (κ2) is 6.66. The Morgan fingerprint density at radius 1 is 1.42 bits per heavy atom. The third kappa shape index (κ3) is 3.53. The van der Waals surface area contributed by atoms with Gasteiger partial charge in [-0.2, -0.15) is 0 Å². The molecule has 0 bridgehead atoms. The molecule has 0 radical (unpaired) electrons. The lowest BCUT2D eigenvalue weighted by atomic mass is 10.0. The van der Waals surface area contributed by atoms with E-state index in [0.717, 1.165) is 32.2 Å². The Morgan fingerprint density at radius 2 is 2.21 bits per heavy atom. The van der Waals surface area contributed by atoms with E-state index in [4.69, 9.17) is 0 Å². The summed E-state index contributed by atoms with van der Waals surface area (Å²) in [7, 11) is 0. The molecular weight excluding hydrogens is 243 g/mol. The van der Waals surface area contributed by atoms with E-state index in [1.165, 1.54) is 6.07 Å². The molecule has 1 aromatic carbocycles. The normalized spacial score (nSPS) is 21.6. The highest BCUT2D eigenvalue weighted by Gasteiger charge is 2.24. The van der Waals surface area contributed by atoms with Crippen LogP contribution in [0.25, 0.3) is 0 Å². The Balaban J connectivity index is 2.10. The van der Waals surface area contributed by atoms with E-state index >= 15 is 0 Å². The van der Waals surface area contributed by atoms with Crippen molar-refractivity contribution in [1.29, 1.82) is 0 Å². The molecule has 2 rings (SSSR count). The molecule has 0 saturated carbocycles. The van der Waals surface area contributed by atoms with Crippen LogP contribution < -0.4 is 10.6 Å². The van der Waals surface area contributed by atoms with Crippen LogP contribution in [0.2, 0.25) is 0 Å². The van der Waals surface area contributed by atoms with Gasteiger partial charge in [0.15, 0.2) is 0 Å². The van der Waals surface area contributed by atoms with Crippen molar-refractivity contribution in [1.82, 2.24) is 10.6 Å². The smallest absolute Gasteiger partial charge is 0.237 e. The molecule has 1 heterocycles. The second-order valence-corrected chi connectivity index (χ2v) is 4.99. The van der Waals surface area contributed by atoms with Gasteiger partial charge in [-0.25, -0.2) is 4.39 Å². The van der Waals surface area contributed by atoms with Gasteiger partial charge in [0, 0.05) is 18.2 Å². The van der Waals surface area contributed by atoms with Gasteiger partial charge in [-0.05, 0) is 31.7 Å². The van der Waals surface area contributed by atoms with Gasteiger partial charge in [0.05, 0.1) is 6.04 Å². The highest BCUT2D eigenvalue weighted by molar-refractivity contribution is 5.81. The molecule has 1 aliphatic rings.